The molecule has 0 bridgehead atoms. The van der Waals surface area contributed by atoms with Gasteiger partial charge in [0.25, 0.3) is 0 Å². The third kappa shape index (κ3) is 2.90. The molecule has 0 fully saturated rings. The van der Waals surface area contributed by atoms with Gasteiger partial charge in [-0.3, -0.25) is 0 Å². The van der Waals surface area contributed by atoms with Crippen molar-refractivity contribution in [3.63, 3.8) is 0 Å². The molecule has 1 aromatic carbocycles. The Labute approximate surface area is 118 Å². The maximum atomic E-state index is 13.0. The van der Waals surface area contributed by atoms with Crippen molar-refractivity contribution in [3.8, 4) is 11.6 Å². The molecular formula is C13H13BrFN3O. The summed E-state index contributed by atoms with van der Waals surface area (Å²) in [6.45, 7) is 4.08. The van der Waals surface area contributed by atoms with E-state index in [0.29, 0.717) is 22.6 Å². The summed E-state index contributed by atoms with van der Waals surface area (Å²) in [5.41, 5.74) is 8.27. The van der Waals surface area contributed by atoms with Crippen LogP contribution in [0.5, 0.6) is 11.6 Å². The van der Waals surface area contributed by atoms with Crippen LogP contribution in [0.25, 0.3) is 0 Å². The topological polar surface area (TPSA) is 61.0 Å². The van der Waals surface area contributed by atoms with E-state index in [2.05, 4.69) is 26.1 Å². The second-order valence-corrected chi connectivity index (χ2v) is 4.93. The van der Waals surface area contributed by atoms with Crippen molar-refractivity contribution in [2.45, 2.75) is 20.4 Å². The SMILES string of the molecule is Cc1nnc(Oc2ccc(F)cc2Br)c(CN)c1C. The Morgan fingerprint density at radius 3 is 2.68 bits per heavy atom. The van der Waals surface area contributed by atoms with Gasteiger partial charge in [0.1, 0.15) is 11.6 Å². The zero-order valence-electron chi connectivity index (χ0n) is 10.6. The molecule has 4 nitrogen and oxygen atoms in total. The lowest BCUT2D eigenvalue weighted by atomic mass is 10.1. The predicted molar refractivity (Wildman–Crippen MR) is 73.6 cm³/mol. The van der Waals surface area contributed by atoms with Crippen LogP contribution < -0.4 is 10.5 Å². The van der Waals surface area contributed by atoms with E-state index in [0.717, 1.165) is 16.8 Å². The summed E-state index contributed by atoms with van der Waals surface area (Å²) in [6, 6.07) is 4.17. The largest absolute Gasteiger partial charge is 0.436 e. The lowest BCUT2D eigenvalue weighted by Gasteiger charge is -2.12. The molecule has 0 aliphatic heterocycles. The highest BCUT2D eigenvalue weighted by Crippen LogP contribution is 2.31. The second-order valence-electron chi connectivity index (χ2n) is 4.08. The van der Waals surface area contributed by atoms with E-state index >= 15 is 0 Å². The fraction of sp³-hybridized carbons (Fsp3) is 0.231. The first-order chi connectivity index (χ1) is 9.02. The molecule has 19 heavy (non-hydrogen) atoms. The molecule has 1 heterocycles. The van der Waals surface area contributed by atoms with Gasteiger partial charge in [0.05, 0.1) is 10.2 Å². The fourth-order valence-electron chi connectivity index (χ4n) is 1.62. The molecule has 100 valence electrons. The highest BCUT2D eigenvalue weighted by molar-refractivity contribution is 9.10. The standard InChI is InChI=1S/C13H13BrFN3O/c1-7-8(2)17-18-13(10(7)6-16)19-12-4-3-9(15)5-11(12)14/h3-5H,6,16H2,1-2H3. The first-order valence-electron chi connectivity index (χ1n) is 5.68. The minimum Gasteiger partial charge on any atom is -0.436 e. The molecule has 0 atom stereocenters. The maximum Gasteiger partial charge on any atom is 0.243 e. The van der Waals surface area contributed by atoms with E-state index in [-0.39, 0.29) is 5.82 Å². The van der Waals surface area contributed by atoms with E-state index in [1.54, 1.807) is 0 Å². The van der Waals surface area contributed by atoms with E-state index in [9.17, 15) is 4.39 Å². The lowest BCUT2D eigenvalue weighted by molar-refractivity contribution is 0.442. The summed E-state index contributed by atoms with van der Waals surface area (Å²) < 4.78 is 19.2. The van der Waals surface area contributed by atoms with Crippen LogP contribution in [0.1, 0.15) is 16.8 Å². The molecule has 0 aliphatic rings. The average Bonchev–Trinajstić information content (AvgIpc) is 2.37. The van der Waals surface area contributed by atoms with Gasteiger partial charge >= 0.3 is 0 Å². The van der Waals surface area contributed by atoms with Crippen LogP contribution in [-0.2, 0) is 6.54 Å². The third-order valence-corrected chi connectivity index (χ3v) is 3.47. The van der Waals surface area contributed by atoms with E-state index in [4.69, 9.17) is 10.5 Å². The van der Waals surface area contributed by atoms with Gasteiger partial charge in [0, 0.05) is 12.1 Å². The normalized spacial score (nSPS) is 10.6. The van der Waals surface area contributed by atoms with Gasteiger partial charge in [-0.2, -0.15) is 5.10 Å². The third-order valence-electron chi connectivity index (χ3n) is 2.85. The number of ether oxygens (including phenoxy) is 1. The molecule has 0 unspecified atom stereocenters. The number of benzene rings is 1. The molecular weight excluding hydrogens is 313 g/mol. The molecule has 6 heteroatoms. The number of hydrogen-bond donors (Lipinski definition) is 1. The minimum atomic E-state index is -0.343. The van der Waals surface area contributed by atoms with E-state index < -0.39 is 0 Å². The number of aryl methyl sites for hydroxylation is 1. The number of halogens is 2. The summed E-state index contributed by atoms with van der Waals surface area (Å²) in [5, 5.41) is 8.01. The zero-order valence-corrected chi connectivity index (χ0v) is 12.2. The van der Waals surface area contributed by atoms with Crippen molar-refractivity contribution in [2.24, 2.45) is 5.73 Å². The number of rotatable bonds is 3. The zero-order chi connectivity index (χ0) is 14.0. The quantitative estimate of drug-likeness (QED) is 0.941. The molecule has 1 aromatic heterocycles. The second kappa shape index (κ2) is 5.63. The predicted octanol–water partition coefficient (Wildman–Crippen LogP) is 3.25. The van der Waals surface area contributed by atoms with Crippen molar-refractivity contribution in [1.82, 2.24) is 10.2 Å². The van der Waals surface area contributed by atoms with Crippen molar-refractivity contribution in [1.29, 1.82) is 0 Å². The molecule has 2 N–H and O–H groups in total. The number of aromatic nitrogens is 2. The Hall–Kier alpha value is -1.53. The Bertz CT molecular complexity index is 619. The van der Waals surface area contributed by atoms with Gasteiger partial charge in [0.15, 0.2) is 0 Å². The van der Waals surface area contributed by atoms with Crippen LogP contribution >= 0.6 is 15.9 Å². The number of nitrogens with zero attached hydrogens (tertiary/aromatic N) is 2. The average molecular weight is 326 g/mol. The van der Waals surface area contributed by atoms with Crippen LogP contribution in [0.4, 0.5) is 4.39 Å². The molecule has 0 amide bonds. The minimum absolute atomic E-state index is 0.302. The summed E-state index contributed by atoms with van der Waals surface area (Å²) in [6.07, 6.45) is 0. The van der Waals surface area contributed by atoms with Gasteiger partial charge in [-0.1, -0.05) is 0 Å². The molecule has 2 rings (SSSR count). The van der Waals surface area contributed by atoms with Gasteiger partial charge in [-0.05, 0) is 53.5 Å². The molecule has 2 aromatic rings. The van der Waals surface area contributed by atoms with Crippen molar-refractivity contribution in [3.05, 3.63) is 45.3 Å². The fourth-order valence-corrected chi connectivity index (χ4v) is 2.05. The molecule has 0 aliphatic carbocycles. The first kappa shape index (κ1) is 13.9. The van der Waals surface area contributed by atoms with Crippen LogP contribution in [0.2, 0.25) is 0 Å². The highest BCUT2D eigenvalue weighted by Gasteiger charge is 2.13. The monoisotopic (exact) mass is 325 g/mol. The lowest BCUT2D eigenvalue weighted by Crippen LogP contribution is -2.07. The molecule has 0 saturated heterocycles. The van der Waals surface area contributed by atoms with Crippen LogP contribution in [0.15, 0.2) is 22.7 Å². The highest BCUT2D eigenvalue weighted by atomic mass is 79.9. The van der Waals surface area contributed by atoms with Gasteiger partial charge < -0.3 is 10.5 Å². The molecule has 0 spiro atoms. The van der Waals surface area contributed by atoms with Crippen LogP contribution in [0, 0.1) is 19.7 Å². The van der Waals surface area contributed by atoms with Crippen molar-refractivity contribution >= 4 is 15.9 Å². The van der Waals surface area contributed by atoms with Crippen LogP contribution in [0.3, 0.4) is 0 Å². The summed E-state index contributed by atoms with van der Waals surface area (Å²) in [7, 11) is 0. The summed E-state index contributed by atoms with van der Waals surface area (Å²) in [4.78, 5) is 0. The molecule has 0 radical (unpaired) electrons. The number of hydrogen-bond acceptors (Lipinski definition) is 4. The first-order valence-corrected chi connectivity index (χ1v) is 6.48. The van der Waals surface area contributed by atoms with Crippen LogP contribution in [-0.4, -0.2) is 10.2 Å². The van der Waals surface area contributed by atoms with E-state index in [1.807, 2.05) is 13.8 Å². The van der Waals surface area contributed by atoms with Gasteiger partial charge in [-0.25, -0.2) is 4.39 Å². The summed E-state index contributed by atoms with van der Waals surface area (Å²) >= 11 is 3.24. The molecule has 0 saturated carbocycles. The van der Waals surface area contributed by atoms with E-state index in [1.165, 1.54) is 18.2 Å². The Balaban J connectivity index is 2.41. The Kier molecular flexibility index (Phi) is 4.11. The Morgan fingerprint density at radius 1 is 1.32 bits per heavy atom. The Morgan fingerprint density at radius 2 is 2.05 bits per heavy atom. The maximum absolute atomic E-state index is 13.0. The number of nitrogens with two attached hydrogens (primary N) is 1. The van der Waals surface area contributed by atoms with Gasteiger partial charge in [0.2, 0.25) is 5.88 Å². The van der Waals surface area contributed by atoms with Crippen molar-refractivity contribution in [2.75, 3.05) is 0 Å². The smallest absolute Gasteiger partial charge is 0.243 e. The van der Waals surface area contributed by atoms with Crippen molar-refractivity contribution < 1.29 is 9.13 Å². The van der Waals surface area contributed by atoms with Gasteiger partial charge in [-0.15, -0.1) is 5.10 Å². The summed E-state index contributed by atoms with van der Waals surface area (Å²) in [5.74, 6) is 0.469.